The monoisotopic (exact) mass is 428 g/mol. The number of carbonyl (C=O) groups excluding carboxylic acids is 1. The second-order valence-corrected chi connectivity index (χ2v) is 12.8. The molecule has 0 aromatic rings. The molecule has 176 valence electrons. The van der Waals surface area contributed by atoms with E-state index in [4.69, 9.17) is 0 Å². The topological polar surface area (TPSA) is 37.3 Å². The number of aliphatic hydroxyl groups is 1. The fraction of sp³-hybridized carbons (Fsp3) is 0.897. The second-order valence-electron chi connectivity index (χ2n) is 12.8. The van der Waals surface area contributed by atoms with E-state index in [0.717, 1.165) is 44.4 Å². The van der Waals surface area contributed by atoms with Crippen molar-refractivity contribution in [3.8, 4) is 0 Å². The van der Waals surface area contributed by atoms with Gasteiger partial charge in [0, 0.05) is 18.3 Å². The van der Waals surface area contributed by atoms with Gasteiger partial charge >= 0.3 is 0 Å². The molecule has 3 fully saturated rings. The van der Waals surface area contributed by atoms with Gasteiger partial charge in [-0.15, -0.1) is 0 Å². The first kappa shape index (κ1) is 23.5. The average molecular weight is 429 g/mol. The van der Waals surface area contributed by atoms with E-state index in [1.807, 2.05) is 0 Å². The lowest BCUT2D eigenvalue weighted by Gasteiger charge is -2.62. The summed E-state index contributed by atoms with van der Waals surface area (Å²) in [5.41, 5.74) is 2.01. The Labute approximate surface area is 191 Å². The second kappa shape index (κ2) is 8.30. The van der Waals surface area contributed by atoms with Crippen molar-refractivity contribution in [3.63, 3.8) is 0 Å². The maximum absolute atomic E-state index is 12.2. The zero-order valence-electron chi connectivity index (χ0n) is 21.2. The molecule has 2 nitrogen and oxygen atoms in total. The largest absolute Gasteiger partial charge is 0.392 e. The number of carbonyl (C=O) groups is 1. The molecule has 0 unspecified atom stereocenters. The summed E-state index contributed by atoms with van der Waals surface area (Å²) in [6.45, 7) is 14.5. The molecule has 0 aromatic heterocycles. The van der Waals surface area contributed by atoms with Gasteiger partial charge in [0.15, 0.2) is 0 Å². The predicted octanol–water partition coefficient (Wildman–Crippen LogP) is 7.35. The van der Waals surface area contributed by atoms with E-state index in [1.165, 1.54) is 32.1 Å². The molecule has 4 aliphatic carbocycles. The number of hydrogen-bond donors (Lipinski definition) is 1. The Morgan fingerprint density at radius 2 is 1.90 bits per heavy atom. The molecular formula is C29H48O2. The lowest BCUT2D eigenvalue weighted by atomic mass is 9.42. The number of aliphatic hydroxyl groups excluding tert-OH is 1. The van der Waals surface area contributed by atoms with Crippen molar-refractivity contribution in [1.82, 2.24) is 0 Å². The van der Waals surface area contributed by atoms with Crippen LogP contribution in [-0.2, 0) is 4.79 Å². The molecule has 0 bridgehead atoms. The Bertz CT molecular complexity index is 722. The van der Waals surface area contributed by atoms with Crippen LogP contribution in [0.1, 0.15) is 112 Å². The summed E-state index contributed by atoms with van der Waals surface area (Å²) in [6.07, 6.45) is 14.5. The summed E-state index contributed by atoms with van der Waals surface area (Å²) in [4.78, 5) is 12.2. The number of rotatable bonds is 6. The highest BCUT2D eigenvalue weighted by Crippen LogP contribution is 2.73. The minimum atomic E-state index is -0.209. The van der Waals surface area contributed by atoms with Crippen LogP contribution in [-0.4, -0.2) is 17.0 Å². The van der Waals surface area contributed by atoms with Gasteiger partial charge in [-0.25, -0.2) is 0 Å². The van der Waals surface area contributed by atoms with Gasteiger partial charge < -0.3 is 5.11 Å². The van der Waals surface area contributed by atoms with E-state index in [2.05, 4.69) is 47.6 Å². The summed E-state index contributed by atoms with van der Waals surface area (Å²) in [5, 5.41) is 11.7. The van der Waals surface area contributed by atoms with Crippen molar-refractivity contribution >= 4 is 5.78 Å². The van der Waals surface area contributed by atoms with Crippen LogP contribution < -0.4 is 0 Å². The lowest BCUT2D eigenvalue weighted by Crippen LogP contribution is -2.56. The van der Waals surface area contributed by atoms with Gasteiger partial charge in [0.25, 0.3) is 0 Å². The molecule has 0 radical (unpaired) electrons. The van der Waals surface area contributed by atoms with Crippen LogP contribution in [0.3, 0.4) is 0 Å². The highest BCUT2D eigenvalue weighted by atomic mass is 16.3. The van der Waals surface area contributed by atoms with E-state index in [9.17, 15) is 9.90 Å². The van der Waals surface area contributed by atoms with E-state index in [1.54, 1.807) is 5.57 Å². The first-order valence-corrected chi connectivity index (χ1v) is 13.5. The summed E-state index contributed by atoms with van der Waals surface area (Å²) in [6, 6.07) is 0. The van der Waals surface area contributed by atoms with Gasteiger partial charge in [-0.1, -0.05) is 72.5 Å². The third-order valence-corrected chi connectivity index (χ3v) is 11.2. The Morgan fingerprint density at radius 1 is 1.16 bits per heavy atom. The molecule has 8 atom stereocenters. The zero-order chi connectivity index (χ0) is 22.6. The first-order valence-electron chi connectivity index (χ1n) is 13.5. The van der Waals surface area contributed by atoms with Gasteiger partial charge in [0.05, 0.1) is 6.10 Å². The van der Waals surface area contributed by atoms with Gasteiger partial charge in [-0.2, -0.15) is 0 Å². The van der Waals surface area contributed by atoms with Gasteiger partial charge in [0.2, 0.25) is 0 Å². The summed E-state index contributed by atoms with van der Waals surface area (Å²) >= 11 is 0. The molecule has 4 rings (SSSR count). The average Bonchev–Trinajstić information content (AvgIpc) is 2.95. The molecule has 0 amide bonds. The Balaban J connectivity index is 1.66. The molecule has 2 heteroatoms. The fourth-order valence-corrected chi connectivity index (χ4v) is 9.32. The minimum Gasteiger partial charge on any atom is -0.392 e. The molecular weight excluding hydrogens is 380 g/mol. The Kier molecular flexibility index (Phi) is 6.30. The molecule has 0 heterocycles. The highest BCUT2D eigenvalue weighted by molar-refractivity contribution is 5.79. The van der Waals surface area contributed by atoms with Crippen LogP contribution in [0, 0.1) is 45.8 Å². The Morgan fingerprint density at radius 3 is 2.58 bits per heavy atom. The third-order valence-electron chi connectivity index (χ3n) is 11.2. The number of ketones is 1. The van der Waals surface area contributed by atoms with E-state index >= 15 is 0 Å². The van der Waals surface area contributed by atoms with Crippen molar-refractivity contribution in [1.29, 1.82) is 0 Å². The lowest BCUT2D eigenvalue weighted by molar-refractivity contribution is -0.129. The van der Waals surface area contributed by atoms with Crippen LogP contribution in [0.2, 0.25) is 0 Å². The van der Waals surface area contributed by atoms with Crippen molar-refractivity contribution in [2.75, 3.05) is 0 Å². The standard InChI is InChI=1S/C29H48O2/c1-7-29-24-12-11-21-17-22(30)13-15-27(21,5)23(24)14-16-28(29,6)25(18-26(29)31)20(4)10-8-9-19(2)3/h12,19-21,23,25-26,31H,7-11,13-18H2,1-6H3/t20-,21+,23+,25-,26+,27+,28-,29-/m1/s1. The smallest absolute Gasteiger partial charge is 0.133 e. The maximum Gasteiger partial charge on any atom is 0.133 e. The van der Waals surface area contributed by atoms with Gasteiger partial charge in [-0.3, -0.25) is 4.79 Å². The molecule has 4 aliphatic rings. The van der Waals surface area contributed by atoms with E-state index in [0.29, 0.717) is 29.5 Å². The summed E-state index contributed by atoms with van der Waals surface area (Å²) < 4.78 is 0. The van der Waals surface area contributed by atoms with Crippen molar-refractivity contribution in [3.05, 3.63) is 11.6 Å². The van der Waals surface area contributed by atoms with Gasteiger partial charge in [-0.05, 0) is 78.9 Å². The van der Waals surface area contributed by atoms with Crippen molar-refractivity contribution < 1.29 is 9.90 Å². The SMILES string of the molecule is CC[C@]12C3=CC[C@H]4CC(=O)CC[C@]4(C)[C@H]3CC[C@]1(C)[C@@H]([C@H](C)CCCC(C)C)C[C@@H]2O. The van der Waals surface area contributed by atoms with Crippen LogP contribution in [0.5, 0.6) is 0 Å². The summed E-state index contributed by atoms with van der Waals surface area (Å²) in [7, 11) is 0. The molecule has 0 spiro atoms. The number of fused-ring (bicyclic) bond motifs is 5. The minimum absolute atomic E-state index is 0.0532. The Hall–Kier alpha value is -0.630. The molecule has 1 N–H and O–H groups in total. The van der Waals surface area contributed by atoms with Crippen LogP contribution in [0.25, 0.3) is 0 Å². The molecule has 0 aromatic carbocycles. The summed E-state index contributed by atoms with van der Waals surface area (Å²) in [5.74, 6) is 3.65. The third kappa shape index (κ3) is 3.41. The van der Waals surface area contributed by atoms with E-state index < -0.39 is 0 Å². The number of Topliss-reactive ketones (excluding diaryl/α,β-unsaturated/α-hetero) is 1. The van der Waals surface area contributed by atoms with Crippen molar-refractivity contribution in [2.45, 2.75) is 118 Å². The number of hydrogen-bond acceptors (Lipinski definition) is 2. The van der Waals surface area contributed by atoms with E-state index in [-0.39, 0.29) is 22.3 Å². The fourth-order valence-electron chi connectivity index (χ4n) is 9.32. The highest BCUT2D eigenvalue weighted by Gasteiger charge is 2.68. The van der Waals surface area contributed by atoms with Gasteiger partial charge in [0.1, 0.15) is 5.78 Å². The zero-order valence-corrected chi connectivity index (χ0v) is 21.2. The van der Waals surface area contributed by atoms with Crippen LogP contribution >= 0.6 is 0 Å². The maximum atomic E-state index is 12.2. The quantitative estimate of drug-likeness (QED) is 0.449. The van der Waals surface area contributed by atoms with Crippen molar-refractivity contribution in [2.24, 2.45) is 45.8 Å². The molecule has 0 saturated heterocycles. The molecule has 3 saturated carbocycles. The molecule has 0 aliphatic heterocycles. The van der Waals surface area contributed by atoms with Crippen LogP contribution in [0.4, 0.5) is 0 Å². The van der Waals surface area contributed by atoms with Crippen LogP contribution in [0.15, 0.2) is 11.6 Å². The normalized spacial score (nSPS) is 45.7. The molecule has 31 heavy (non-hydrogen) atoms. The predicted molar refractivity (Wildman–Crippen MR) is 129 cm³/mol. The first-order chi connectivity index (χ1) is 14.6. The number of allylic oxidation sites excluding steroid dienone is 1.